The van der Waals surface area contributed by atoms with E-state index in [9.17, 15) is 14.0 Å². The molecule has 0 spiro atoms. The second kappa shape index (κ2) is 11.1. The van der Waals surface area contributed by atoms with Crippen LogP contribution < -0.4 is 19.8 Å². The van der Waals surface area contributed by atoms with E-state index in [1.807, 2.05) is 73.6 Å². The van der Waals surface area contributed by atoms with Crippen molar-refractivity contribution >= 4 is 50.7 Å². The molecule has 39 heavy (non-hydrogen) atoms. The molecular formula is C30H25BrFN3O3S. The van der Waals surface area contributed by atoms with Crippen molar-refractivity contribution in [2.75, 3.05) is 25.6 Å². The lowest BCUT2D eigenvalue weighted by Crippen LogP contribution is -2.40. The fraction of sp³-hybridized carbons (Fsp3) is 0.167. The number of halogens is 2. The van der Waals surface area contributed by atoms with E-state index in [0.29, 0.717) is 26.2 Å². The van der Waals surface area contributed by atoms with E-state index in [-0.39, 0.29) is 17.7 Å². The number of fused-ring (bicyclic) bond motifs is 1. The minimum Gasteiger partial charge on any atom is -0.463 e. The summed E-state index contributed by atoms with van der Waals surface area (Å²) in [4.78, 5) is 34.6. The van der Waals surface area contributed by atoms with Gasteiger partial charge in [0.1, 0.15) is 5.82 Å². The average Bonchev–Trinajstić information content (AvgIpc) is 3.23. The third-order valence-corrected chi connectivity index (χ3v) is 7.93. The average molecular weight is 607 g/mol. The van der Waals surface area contributed by atoms with Crippen molar-refractivity contribution < 1.29 is 13.9 Å². The molecule has 1 atom stereocenters. The number of aromatic nitrogens is 1. The molecule has 0 aliphatic carbocycles. The van der Waals surface area contributed by atoms with Gasteiger partial charge in [0.15, 0.2) is 4.80 Å². The van der Waals surface area contributed by atoms with Gasteiger partial charge in [-0.25, -0.2) is 14.2 Å². The zero-order valence-corrected chi connectivity index (χ0v) is 23.9. The fourth-order valence-electron chi connectivity index (χ4n) is 4.53. The van der Waals surface area contributed by atoms with Crippen molar-refractivity contribution in [3.63, 3.8) is 0 Å². The summed E-state index contributed by atoms with van der Waals surface area (Å²) in [5.74, 6) is -0.991. The van der Waals surface area contributed by atoms with Gasteiger partial charge in [0.25, 0.3) is 5.56 Å². The van der Waals surface area contributed by atoms with E-state index in [4.69, 9.17) is 9.73 Å². The van der Waals surface area contributed by atoms with Crippen molar-refractivity contribution in [3.8, 4) is 0 Å². The van der Waals surface area contributed by atoms with Crippen LogP contribution in [0, 0.1) is 5.82 Å². The van der Waals surface area contributed by atoms with Gasteiger partial charge in [-0.2, -0.15) is 0 Å². The number of hydrogen-bond acceptors (Lipinski definition) is 6. The smallest absolute Gasteiger partial charge is 0.338 e. The highest BCUT2D eigenvalue weighted by atomic mass is 79.9. The molecule has 1 aliphatic rings. The number of thiazole rings is 1. The van der Waals surface area contributed by atoms with Crippen LogP contribution >= 0.6 is 27.3 Å². The Balaban J connectivity index is 1.79. The van der Waals surface area contributed by atoms with Gasteiger partial charge in [-0.3, -0.25) is 9.36 Å². The van der Waals surface area contributed by atoms with Gasteiger partial charge in [0.05, 0.1) is 34.1 Å². The number of nitrogens with zero attached hydrogens (tertiary/aromatic N) is 3. The number of rotatable bonds is 6. The highest BCUT2D eigenvalue weighted by Crippen LogP contribution is 2.35. The zero-order valence-electron chi connectivity index (χ0n) is 21.5. The number of anilines is 1. The van der Waals surface area contributed by atoms with Gasteiger partial charge in [-0.05, 0) is 64.3 Å². The molecule has 0 bridgehead atoms. The molecular weight excluding hydrogens is 581 g/mol. The van der Waals surface area contributed by atoms with Crippen molar-refractivity contribution in [1.82, 2.24) is 4.57 Å². The first-order valence-electron chi connectivity index (χ1n) is 12.3. The summed E-state index contributed by atoms with van der Waals surface area (Å²) in [5, 5.41) is 0. The first kappa shape index (κ1) is 26.8. The van der Waals surface area contributed by atoms with E-state index in [1.165, 1.54) is 28.0 Å². The Hall–Kier alpha value is -3.82. The summed E-state index contributed by atoms with van der Waals surface area (Å²) < 4.78 is 22.2. The fourth-order valence-corrected chi connectivity index (χ4v) is 6.28. The Morgan fingerprint density at radius 2 is 1.85 bits per heavy atom. The molecule has 0 N–H and O–H groups in total. The number of hydrogen-bond donors (Lipinski definition) is 0. The van der Waals surface area contributed by atoms with Crippen molar-refractivity contribution in [2.24, 2.45) is 4.99 Å². The van der Waals surface area contributed by atoms with Crippen molar-refractivity contribution in [2.45, 2.75) is 13.0 Å². The summed E-state index contributed by atoms with van der Waals surface area (Å²) in [5.41, 5.74) is 3.50. The van der Waals surface area contributed by atoms with Gasteiger partial charge in [0, 0.05) is 24.1 Å². The minimum absolute atomic E-state index is 0.156. The van der Waals surface area contributed by atoms with Crippen molar-refractivity contribution in [1.29, 1.82) is 0 Å². The van der Waals surface area contributed by atoms with E-state index in [1.54, 1.807) is 19.1 Å². The third-order valence-electron chi connectivity index (χ3n) is 6.31. The Kier molecular flexibility index (Phi) is 7.63. The van der Waals surface area contributed by atoms with Crippen LogP contribution in [0.5, 0.6) is 0 Å². The van der Waals surface area contributed by atoms with Crippen LogP contribution in [-0.4, -0.2) is 31.2 Å². The van der Waals surface area contributed by atoms with E-state index in [0.717, 1.165) is 15.7 Å². The van der Waals surface area contributed by atoms with Gasteiger partial charge in [-0.1, -0.05) is 59.9 Å². The Morgan fingerprint density at radius 1 is 1.13 bits per heavy atom. The normalized spacial score (nSPS) is 15.1. The molecule has 5 rings (SSSR count). The Labute approximate surface area is 237 Å². The van der Waals surface area contributed by atoms with Gasteiger partial charge >= 0.3 is 5.97 Å². The highest BCUT2D eigenvalue weighted by Gasteiger charge is 2.35. The molecule has 0 unspecified atom stereocenters. The lowest BCUT2D eigenvalue weighted by molar-refractivity contribution is -0.138. The van der Waals surface area contributed by atoms with E-state index >= 15 is 0 Å². The maximum atomic E-state index is 13.9. The number of ether oxygens (including phenoxy) is 1. The largest absolute Gasteiger partial charge is 0.463 e. The molecule has 3 aromatic carbocycles. The maximum absolute atomic E-state index is 13.9. The molecule has 9 heteroatoms. The minimum atomic E-state index is -0.846. The summed E-state index contributed by atoms with van der Waals surface area (Å²) in [6, 6.07) is 20.1. The molecule has 1 aliphatic heterocycles. The van der Waals surface area contributed by atoms with Crippen LogP contribution in [0.3, 0.4) is 0 Å². The Bertz CT molecular complexity index is 1760. The third kappa shape index (κ3) is 5.24. The summed E-state index contributed by atoms with van der Waals surface area (Å²) in [6.45, 7) is 1.88. The van der Waals surface area contributed by atoms with Gasteiger partial charge < -0.3 is 9.64 Å². The molecule has 0 radical (unpaired) electrons. The molecule has 198 valence electrons. The van der Waals surface area contributed by atoms with Crippen LogP contribution in [0.1, 0.15) is 29.7 Å². The van der Waals surface area contributed by atoms with Crippen molar-refractivity contribution in [3.05, 3.63) is 125 Å². The molecule has 0 amide bonds. The maximum Gasteiger partial charge on any atom is 0.338 e. The van der Waals surface area contributed by atoms with Gasteiger partial charge in [-0.15, -0.1) is 0 Å². The quantitative estimate of drug-likeness (QED) is 0.293. The molecule has 0 saturated heterocycles. The predicted molar refractivity (Wildman–Crippen MR) is 156 cm³/mol. The van der Waals surface area contributed by atoms with E-state index in [2.05, 4.69) is 15.9 Å². The first-order valence-corrected chi connectivity index (χ1v) is 13.9. The van der Waals surface area contributed by atoms with Crippen LogP contribution in [0.15, 0.2) is 92.6 Å². The zero-order chi connectivity index (χ0) is 27.7. The highest BCUT2D eigenvalue weighted by molar-refractivity contribution is 9.10. The Morgan fingerprint density at radius 3 is 2.49 bits per heavy atom. The predicted octanol–water partition coefficient (Wildman–Crippen LogP) is 4.90. The lowest BCUT2D eigenvalue weighted by Gasteiger charge is -2.25. The van der Waals surface area contributed by atoms with Crippen LogP contribution in [0.2, 0.25) is 0 Å². The number of benzene rings is 3. The lowest BCUT2D eigenvalue weighted by atomic mass is 9.93. The standard InChI is InChI=1S/C30H25BrFN3O3S/c1-4-38-29(37)25-26(19-8-6-5-7-9-19)33-30-35(27(25)20-11-13-21(32)14-12-20)28(36)24(39-30)17-18-10-15-23(34(2)3)22(31)16-18/h5-17,27H,4H2,1-3H3/b24-17-/t27-/m0/s1. The number of carbonyl (C=O) groups excluding carboxylic acids is 1. The number of esters is 1. The molecule has 6 nitrogen and oxygen atoms in total. The molecule has 0 fully saturated rings. The summed E-state index contributed by atoms with van der Waals surface area (Å²) >= 11 is 4.85. The molecule has 0 saturated carbocycles. The SMILES string of the molecule is CCOC(=O)C1=C(c2ccccc2)N=c2s/c(=C\c3ccc(N(C)C)c(Br)c3)c(=O)n2[C@H]1c1ccc(F)cc1. The number of carbonyl (C=O) groups is 1. The summed E-state index contributed by atoms with van der Waals surface area (Å²) in [6.07, 6.45) is 1.81. The van der Waals surface area contributed by atoms with Crippen LogP contribution in [0.4, 0.5) is 10.1 Å². The second-order valence-corrected chi connectivity index (χ2v) is 11.0. The van der Waals surface area contributed by atoms with Gasteiger partial charge in [0.2, 0.25) is 0 Å². The van der Waals surface area contributed by atoms with Crippen LogP contribution in [-0.2, 0) is 9.53 Å². The van der Waals surface area contributed by atoms with Crippen LogP contribution in [0.25, 0.3) is 11.8 Å². The monoisotopic (exact) mass is 605 g/mol. The first-order chi connectivity index (χ1) is 18.8. The molecule has 4 aromatic rings. The molecule has 2 heterocycles. The second-order valence-electron chi connectivity index (χ2n) is 9.09. The summed E-state index contributed by atoms with van der Waals surface area (Å²) in [7, 11) is 3.91. The van der Waals surface area contributed by atoms with E-state index < -0.39 is 17.8 Å². The molecule has 1 aromatic heterocycles. The topological polar surface area (TPSA) is 63.9 Å².